The Balaban J connectivity index is 0.948. The monoisotopic (exact) mass is 854 g/mol. The van der Waals surface area contributed by atoms with Gasteiger partial charge in [0.2, 0.25) is 11.4 Å². The van der Waals surface area contributed by atoms with Crippen molar-refractivity contribution in [2.45, 2.75) is 63.8 Å². The Labute approximate surface area is 367 Å². The number of hydrogen-bond acceptors (Lipinski definition) is 10. The molecule has 7 aromatic carbocycles. The lowest BCUT2D eigenvalue weighted by molar-refractivity contribution is 0.0826. The summed E-state index contributed by atoms with van der Waals surface area (Å²) in [4.78, 5) is 14.5. The molecule has 0 saturated heterocycles. The predicted octanol–water partition coefficient (Wildman–Crippen LogP) is 12.7. The van der Waals surface area contributed by atoms with E-state index in [9.17, 15) is 0 Å². The summed E-state index contributed by atoms with van der Waals surface area (Å²) in [6.07, 6.45) is 3.80. The first-order valence-electron chi connectivity index (χ1n) is 21.2. The van der Waals surface area contributed by atoms with E-state index >= 15 is 4.57 Å². The van der Waals surface area contributed by atoms with Crippen molar-refractivity contribution in [3.63, 3.8) is 0 Å². The molecule has 63 heavy (non-hydrogen) atoms. The van der Waals surface area contributed by atoms with Gasteiger partial charge in [-0.2, -0.15) is 4.57 Å². The van der Waals surface area contributed by atoms with Crippen LogP contribution in [0.5, 0.6) is 28.7 Å². The highest BCUT2D eigenvalue weighted by molar-refractivity contribution is 7.49. The average molecular weight is 855 g/mol. The summed E-state index contributed by atoms with van der Waals surface area (Å²) in [6.45, 7) is 12.6. The van der Waals surface area contributed by atoms with Crippen LogP contribution in [0.25, 0.3) is 21.5 Å². The van der Waals surface area contributed by atoms with E-state index < -0.39 is 30.1 Å². The molecule has 0 aliphatic carbocycles. The van der Waals surface area contributed by atoms with Crippen LogP contribution < -0.4 is 32.8 Å². The molecule has 0 N–H and O–H groups in total. The van der Waals surface area contributed by atoms with Crippen LogP contribution in [-0.2, 0) is 15.4 Å². The van der Waals surface area contributed by atoms with E-state index in [4.69, 9.17) is 33.0 Å². The zero-order valence-corrected chi connectivity index (χ0v) is 37.4. The number of aryl methyl sites for hydroxylation is 2. The molecule has 10 nitrogen and oxygen atoms in total. The molecule has 4 aliphatic heterocycles. The van der Waals surface area contributed by atoms with Gasteiger partial charge in [0.25, 0.3) is 0 Å². The Morgan fingerprint density at radius 1 is 0.524 bits per heavy atom. The van der Waals surface area contributed by atoms with Gasteiger partial charge in [-0.25, -0.2) is 0 Å². The van der Waals surface area contributed by atoms with E-state index in [1.807, 2.05) is 119 Å². The summed E-state index contributed by atoms with van der Waals surface area (Å²) in [7, 11) is -0.369. The minimum absolute atomic E-state index is 0.274. The first kappa shape index (κ1) is 39.1. The fourth-order valence-corrected chi connectivity index (χ4v) is 11.5. The van der Waals surface area contributed by atoms with Gasteiger partial charge in [-0.15, -0.1) is 0 Å². The third-order valence-corrected chi connectivity index (χ3v) is 14.9. The lowest BCUT2D eigenvalue weighted by atomic mass is 9.77. The fourth-order valence-electron chi connectivity index (χ4n) is 10.3. The lowest BCUT2D eigenvalue weighted by Crippen LogP contribution is -2.61. The van der Waals surface area contributed by atoms with Crippen LogP contribution in [0.4, 0.5) is 22.7 Å². The van der Waals surface area contributed by atoms with E-state index in [1.54, 1.807) is 12.1 Å². The fraction of sp³-hybridized carbons (Fsp3) is 0.231. The van der Waals surface area contributed by atoms with Gasteiger partial charge in [-0.1, -0.05) is 66.7 Å². The van der Waals surface area contributed by atoms with Crippen LogP contribution in [0.2, 0.25) is 0 Å². The molecule has 11 heteroatoms. The third kappa shape index (κ3) is 5.66. The van der Waals surface area contributed by atoms with Crippen molar-refractivity contribution >= 4 is 64.5 Å². The molecule has 4 aliphatic rings. The van der Waals surface area contributed by atoms with E-state index in [1.165, 1.54) is 11.1 Å². The summed E-state index contributed by atoms with van der Waals surface area (Å²) in [6, 6.07) is 41.2. The largest absolute Gasteiger partial charge is 0.647 e. The van der Waals surface area contributed by atoms with Gasteiger partial charge in [0.05, 0.1) is 23.3 Å². The van der Waals surface area contributed by atoms with Gasteiger partial charge < -0.3 is 32.8 Å². The molecule has 0 fully saturated rings. The topological polar surface area (TPSA) is 94.4 Å². The molecule has 2 atom stereocenters. The van der Waals surface area contributed by atoms with E-state index in [0.717, 1.165) is 44.0 Å². The smallest absolute Gasteiger partial charge is 0.459 e. The maximum Gasteiger partial charge on any atom is 0.647 e. The van der Waals surface area contributed by atoms with Crippen LogP contribution in [-0.4, -0.2) is 38.0 Å². The van der Waals surface area contributed by atoms with E-state index in [-0.39, 0.29) is 11.5 Å². The van der Waals surface area contributed by atoms with Crippen molar-refractivity contribution in [1.29, 1.82) is 0 Å². The summed E-state index contributed by atoms with van der Waals surface area (Å²) in [5.74, 6) is 2.16. The van der Waals surface area contributed by atoms with Gasteiger partial charge in [-0.05, 0) is 135 Å². The Hall–Kier alpha value is -6.77. The van der Waals surface area contributed by atoms with Crippen LogP contribution >= 0.6 is 7.82 Å². The summed E-state index contributed by atoms with van der Waals surface area (Å²) < 4.78 is 48.1. The number of likely N-dealkylation sites (N-methyl/N-ethyl adjacent to an activating group) is 2. The van der Waals surface area contributed by atoms with Crippen molar-refractivity contribution in [2.24, 2.45) is 9.98 Å². The number of fused-ring (bicyclic) bond motifs is 8. The summed E-state index contributed by atoms with van der Waals surface area (Å²) in [5, 5.41) is 3.34. The molecular formula is C52H47N4O6P. The molecule has 0 bridgehead atoms. The Morgan fingerprint density at radius 2 is 0.937 bits per heavy atom. The van der Waals surface area contributed by atoms with Gasteiger partial charge in [0.15, 0.2) is 0 Å². The number of benzene rings is 7. The number of para-hydroxylation sites is 2. The minimum Gasteiger partial charge on any atom is -0.459 e. The first-order valence-corrected chi connectivity index (χ1v) is 22.6. The van der Waals surface area contributed by atoms with Gasteiger partial charge in [0, 0.05) is 36.2 Å². The maximum absolute atomic E-state index is 15.2. The second kappa shape index (κ2) is 13.4. The molecule has 2 unspecified atom stereocenters. The Morgan fingerprint density at radius 3 is 1.38 bits per heavy atom. The van der Waals surface area contributed by atoms with Crippen molar-refractivity contribution in [3.05, 3.63) is 150 Å². The SMILES string of the molecule is Cc1cc(C)cc(OP(=O)(Oc2ccc3ccc4c(c3c2)N=CC2(O4)N(C)c3ccccc3C2(C)C)Oc2ccc3ccc4c(c3c2)N=CC2(O4)N(C)c3ccccc3C2(C)C)c1. The number of ether oxygens (including phenoxy) is 2. The average Bonchev–Trinajstić information content (AvgIpc) is 3.52. The summed E-state index contributed by atoms with van der Waals surface area (Å²) >= 11 is 0. The highest BCUT2D eigenvalue weighted by Crippen LogP contribution is 2.57. The van der Waals surface area contributed by atoms with E-state index in [0.29, 0.717) is 28.6 Å². The molecule has 0 aromatic heterocycles. The number of phosphoric acid groups is 1. The van der Waals surface area contributed by atoms with Crippen molar-refractivity contribution in [2.75, 3.05) is 23.9 Å². The molecule has 4 heterocycles. The lowest BCUT2D eigenvalue weighted by Gasteiger charge is -2.45. The highest BCUT2D eigenvalue weighted by atomic mass is 31.2. The third-order valence-electron chi connectivity index (χ3n) is 13.6. The van der Waals surface area contributed by atoms with Crippen molar-refractivity contribution < 1.29 is 27.6 Å². The highest BCUT2D eigenvalue weighted by Gasteiger charge is 2.60. The summed E-state index contributed by atoms with van der Waals surface area (Å²) in [5.41, 5.74) is 5.24. The predicted molar refractivity (Wildman–Crippen MR) is 252 cm³/mol. The molecule has 316 valence electrons. The zero-order valence-electron chi connectivity index (χ0n) is 36.5. The minimum atomic E-state index is -4.45. The second-order valence-electron chi connectivity index (χ2n) is 18.2. The van der Waals surface area contributed by atoms with Gasteiger partial charge in [0.1, 0.15) is 40.1 Å². The number of nitrogens with zero attached hydrogens (tertiary/aromatic N) is 4. The number of hydrogen-bond donors (Lipinski definition) is 0. The first-order chi connectivity index (χ1) is 30.1. The molecule has 0 amide bonds. The standard InChI is InChI=1S/C52H47N4O6P/c1-32-25-33(2)27-38(26-32)62-63(57,60-36-21-17-34-19-23-45-47(39(34)28-36)53-30-51(58-45)49(3,4)41-13-9-11-15-43(41)55(51)7)61-37-22-18-35-20-24-46-48(40(35)29-37)54-31-52(59-46)50(5,6)42-14-10-12-16-44(42)56(52)8/h9-31H,1-8H3. The maximum atomic E-state index is 15.2. The Bertz CT molecular complexity index is 2990. The molecule has 7 aromatic rings. The number of aliphatic imine (C=N–C) groups is 2. The molecular weight excluding hydrogens is 808 g/mol. The number of rotatable bonds is 6. The number of phosphoric ester groups is 1. The zero-order chi connectivity index (χ0) is 43.7. The van der Waals surface area contributed by atoms with Crippen LogP contribution in [0.1, 0.15) is 49.9 Å². The van der Waals surface area contributed by atoms with E-state index in [2.05, 4.69) is 73.9 Å². The van der Waals surface area contributed by atoms with Crippen molar-refractivity contribution in [1.82, 2.24) is 0 Å². The molecule has 11 rings (SSSR count). The Kier molecular flexibility index (Phi) is 8.30. The molecule has 0 saturated carbocycles. The van der Waals surface area contributed by atoms with Crippen LogP contribution in [0.15, 0.2) is 137 Å². The van der Waals surface area contributed by atoms with Gasteiger partial charge >= 0.3 is 7.82 Å². The van der Waals surface area contributed by atoms with Crippen LogP contribution in [0, 0.1) is 13.8 Å². The quantitative estimate of drug-likeness (QED) is 0.153. The number of anilines is 2. The molecule has 2 spiro atoms. The van der Waals surface area contributed by atoms with Crippen LogP contribution in [0.3, 0.4) is 0 Å². The second-order valence-corrected chi connectivity index (χ2v) is 19.6. The van der Waals surface area contributed by atoms with Crippen molar-refractivity contribution in [3.8, 4) is 28.7 Å². The molecule has 0 radical (unpaired) electrons. The van der Waals surface area contributed by atoms with Gasteiger partial charge in [-0.3, -0.25) is 9.98 Å². The normalized spacial score (nSPS) is 21.7.